The molecule has 0 N–H and O–H groups in total. The number of hydrogen-bond acceptors (Lipinski definition) is 3. The lowest BCUT2D eigenvalue weighted by Crippen LogP contribution is -1.86. The zero-order chi connectivity index (χ0) is 19.2. The van der Waals surface area contributed by atoms with Gasteiger partial charge in [-0.2, -0.15) is 0 Å². The van der Waals surface area contributed by atoms with E-state index in [4.69, 9.17) is 4.98 Å². The van der Waals surface area contributed by atoms with Gasteiger partial charge in [0.2, 0.25) is 0 Å². The van der Waals surface area contributed by atoms with Gasteiger partial charge in [-0.15, -0.1) is 11.3 Å². The number of hydrogen-bond donors (Lipinski definition) is 0. The first kappa shape index (κ1) is 16.4. The highest BCUT2D eigenvalue weighted by Crippen LogP contribution is 2.37. The van der Waals surface area contributed by atoms with Gasteiger partial charge in [-0.05, 0) is 29.0 Å². The summed E-state index contributed by atoms with van der Waals surface area (Å²) < 4.78 is 1.23. The zero-order valence-corrected chi connectivity index (χ0v) is 16.4. The van der Waals surface area contributed by atoms with Gasteiger partial charge in [-0.1, -0.05) is 72.8 Å². The SMILES string of the molecule is c1ccc(-c2nc3ccc4cc(-c5nccc6ccccc56)ccc4c3s2)cc1. The van der Waals surface area contributed by atoms with Crippen LogP contribution in [0.2, 0.25) is 0 Å². The van der Waals surface area contributed by atoms with Gasteiger partial charge < -0.3 is 0 Å². The van der Waals surface area contributed by atoms with E-state index >= 15 is 0 Å². The Balaban J connectivity index is 1.54. The molecule has 3 heteroatoms. The quantitative estimate of drug-likeness (QED) is 0.310. The Labute approximate surface area is 172 Å². The van der Waals surface area contributed by atoms with E-state index in [1.807, 2.05) is 12.3 Å². The van der Waals surface area contributed by atoms with Gasteiger partial charge in [-0.25, -0.2) is 4.98 Å². The molecule has 2 nitrogen and oxygen atoms in total. The second kappa shape index (κ2) is 6.50. The van der Waals surface area contributed by atoms with Crippen molar-refractivity contribution in [2.45, 2.75) is 0 Å². The summed E-state index contributed by atoms with van der Waals surface area (Å²) in [7, 11) is 0. The molecule has 0 aliphatic carbocycles. The van der Waals surface area contributed by atoms with Crippen molar-refractivity contribution >= 4 is 43.1 Å². The lowest BCUT2D eigenvalue weighted by molar-refractivity contribution is 1.36. The summed E-state index contributed by atoms with van der Waals surface area (Å²) in [5.41, 5.74) is 4.39. The van der Waals surface area contributed by atoms with Crippen molar-refractivity contribution in [1.82, 2.24) is 9.97 Å². The smallest absolute Gasteiger partial charge is 0.124 e. The van der Waals surface area contributed by atoms with Crippen molar-refractivity contribution in [3.8, 4) is 21.8 Å². The molecule has 0 spiro atoms. The van der Waals surface area contributed by atoms with Gasteiger partial charge in [0, 0.05) is 28.1 Å². The van der Waals surface area contributed by atoms with E-state index in [0.29, 0.717) is 0 Å². The van der Waals surface area contributed by atoms with Gasteiger partial charge in [-0.3, -0.25) is 4.98 Å². The number of nitrogens with zero attached hydrogens (tertiary/aromatic N) is 2. The van der Waals surface area contributed by atoms with E-state index in [9.17, 15) is 0 Å². The van der Waals surface area contributed by atoms with E-state index in [1.165, 1.54) is 31.8 Å². The Bertz CT molecular complexity index is 1490. The first-order valence-corrected chi connectivity index (χ1v) is 10.4. The van der Waals surface area contributed by atoms with Gasteiger partial charge >= 0.3 is 0 Å². The minimum Gasteiger partial charge on any atom is -0.256 e. The van der Waals surface area contributed by atoms with Crippen LogP contribution < -0.4 is 0 Å². The molecule has 2 heterocycles. The van der Waals surface area contributed by atoms with Crippen LogP contribution in [0, 0.1) is 0 Å². The van der Waals surface area contributed by atoms with E-state index in [1.54, 1.807) is 11.3 Å². The Morgan fingerprint density at radius 1 is 0.621 bits per heavy atom. The van der Waals surface area contributed by atoms with Crippen LogP contribution in [0.4, 0.5) is 0 Å². The van der Waals surface area contributed by atoms with Crippen molar-refractivity contribution in [3.05, 3.63) is 97.2 Å². The van der Waals surface area contributed by atoms with Crippen molar-refractivity contribution in [2.75, 3.05) is 0 Å². The Kier molecular flexibility index (Phi) is 3.68. The van der Waals surface area contributed by atoms with Crippen LogP contribution in [0.15, 0.2) is 97.2 Å². The third kappa shape index (κ3) is 2.71. The van der Waals surface area contributed by atoms with E-state index < -0.39 is 0 Å². The molecule has 136 valence electrons. The molecule has 6 aromatic rings. The van der Waals surface area contributed by atoms with Crippen molar-refractivity contribution in [1.29, 1.82) is 0 Å². The van der Waals surface area contributed by atoms with Crippen LogP contribution >= 0.6 is 11.3 Å². The monoisotopic (exact) mass is 388 g/mol. The molecule has 29 heavy (non-hydrogen) atoms. The number of fused-ring (bicyclic) bond motifs is 4. The Hall–Kier alpha value is -3.56. The molecule has 0 amide bonds. The normalized spacial score (nSPS) is 11.4. The van der Waals surface area contributed by atoms with Crippen molar-refractivity contribution < 1.29 is 0 Å². The van der Waals surface area contributed by atoms with Crippen molar-refractivity contribution in [2.24, 2.45) is 0 Å². The molecule has 0 aliphatic heterocycles. The molecular weight excluding hydrogens is 372 g/mol. The van der Waals surface area contributed by atoms with Crippen LogP contribution in [-0.4, -0.2) is 9.97 Å². The molecule has 2 aromatic heterocycles. The summed E-state index contributed by atoms with van der Waals surface area (Å²) in [6, 6.07) is 31.8. The molecule has 0 atom stereocenters. The first-order chi connectivity index (χ1) is 14.4. The minimum atomic E-state index is 1.03. The predicted molar refractivity (Wildman–Crippen MR) is 123 cm³/mol. The lowest BCUT2D eigenvalue weighted by atomic mass is 10.0. The zero-order valence-electron chi connectivity index (χ0n) is 15.5. The van der Waals surface area contributed by atoms with Gasteiger partial charge in [0.1, 0.15) is 5.01 Å². The molecule has 4 aromatic carbocycles. The van der Waals surface area contributed by atoms with E-state index in [2.05, 4.69) is 89.9 Å². The molecule has 0 aliphatic rings. The maximum absolute atomic E-state index is 4.86. The van der Waals surface area contributed by atoms with Crippen LogP contribution in [0.3, 0.4) is 0 Å². The molecule has 0 radical (unpaired) electrons. The fraction of sp³-hybridized carbons (Fsp3) is 0. The van der Waals surface area contributed by atoms with Crippen LogP contribution in [0.5, 0.6) is 0 Å². The van der Waals surface area contributed by atoms with Crippen molar-refractivity contribution in [3.63, 3.8) is 0 Å². The largest absolute Gasteiger partial charge is 0.256 e. The highest BCUT2D eigenvalue weighted by atomic mass is 32.1. The predicted octanol–water partition coefficient (Wildman–Crippen LogP) is 7.33. The number of aromatic nitrogens is 2. The van der Waals surface area contributed by atoms with Gasteiger partial charge in [0.05, 0.1) is 15.9 Å². The second-order valence-electron chi connectivity index (χ2n) is 7.12. The number of rotatable bonds is 2. The molecule has 0 bridgehead atoms. The fourth-order valence-electron chi connectivity index (χ4n) is 3.92. The fourth-order valence-corrected chi connectivity index (χ4v) is 5.02. The summed E-state index contributed by atoms with van der Waals surface area (Å²) in [6.45, 7) is 0. The Morgan fingerprint density at radius 2 is 1.48 bits per heavy atom. The number of thiazole rings is 1. The maximum atomic E-state index is 4.86. The van der Waals surface area contributed by atoms with Crippen LogP contribution in [0.25, 0.3) is 53.6 Å². The number of pyridine rings is 1. The summed E-state index contributed by atoms with van der Waals surface area (Å²) in [6.07, 6.45) is 1.89. The third-order valence-corrected chi connectivity index (χ3v) is 6.49. The average molecular weight is 388 g/mol. The molecule has 0 saturated carbocycles. The maximum Gasteiger partial charge on any atom is 0.124 e. The third-order valence-electron chi connectivity index (χ3n) is 5.34. The van der Waals surface area contributed by atoms with Crippen LogP contribution in [-0.2, 0) is 0 Å². The highest BCUT2D eigenvalue weighted by Gasteiger charge is 2.11. The van der Waals surface area contributed by atoms with Crippen LogP contribution in [0.1, 0.15) is 0 Å². The second-order valence-corrected chi connectivity index (χ2v) is 8.11. The van der Waals surface area contributed by atoms with Gasteiger partial charge in [0.15, 0.2) is 0 Å². The molecule has 0 saturated heterocycles. The molecule has 0 unspecified atom stereocenters. The Morgan fingerprint density at radius 3 is 2.41 bits per heavy atom. The summed E-state index contributed by atoms with van der Waals surface area (Å²) >= 11 is 1.76. The molecule has 0 fully saturated rings. The number of benzene rings is 4. The summed E-state index contributed by atoms with van der Waals surface area (Å²) in [4.78, 5) is 9.54. The topological polar surface area (TPSA) is 25.8 Å². The minimum absolute atomic E-state index is 1.03. The first-order valence-electron chi connectivity index (χ1n) is 9.60. The highest BCUT2D eigenvalue weighted by molar-refractivity contribution is 7.22. The molecular formula is C26H16N2S. The summed E-state index contributed by atoms with van der Waals surface area (Å²) in [5, 5.41) is 5.91. The van der Waals surface area contributed by atoms with Gasteiger partial charge in [0.25, 0.3) is 0 Å². The van der Waals surface area contributed by atoms with E-state index in [0.717, 1.165) is 21.8 Å². The standard InChI is InChI=1S/C26H16N2S/c1-2-7-18(8-3-1)26-28-23-13-11-19-16-20(10-12-22(19)25(23)29-26)24-21-9-5-4-6-17(21)14-15-27-24/h1-16H. The summed E-state index contributed by atoms with van der Waals surface area (Å²) in [5.74, 6) is 0. The van der Waals surface area contributed by atoms with E-state index in [-0.39, 0.29) is 0 Å². The average Bonchev–Trinajstić information content (AvgIpc) is 3.24. The molecule has 6 rings (SSSR count). The lowest BCUT2D eigenvalue weighted by Gasteiger charge is -2.07.